The van der Waals surface area contributed by atoms with Gasteiger partial charge >= 0.3 is 92.3 Å². The van der Waals surface area contributed by atoms with Gasteiger partial charge in [-0.3, -0.25) is 0 Å². The molecule has 1 heterocycles. The zero-order chi connectivity index (χ0) is 8.54. The molecule has 1 saturated heterocycles. The van der Waals surface area contributed by atoms with Gasteiger partial charge in [0.25, 0.3) is 0 Å². The van der Waals surface area contributed by atoms with Crippen LogP contribution in [0.1, 0.15) is 12.8 Å². The van der Waals surface area contributed by atoms with Gasteiger partial charge in [-0.25, -0.2) is 0 Å². The Kier molecular flexibility index (Phi) is 4.60. The van der Waals surface area contributed by atoms with Gasteiger partial charge < -0.3 is 0 Å². The van der Waals surface area contributed by atoms with Crippen LogP contribution in [0, 0.1) is 0 Å². The number of hydrogen-bond acceptors (Lipinski definition) is 2. The maximum atomic E-state index is 5.51. The topological polar surface area (TPSA) is 0 Å². The molecule has 5 heteroatoms. The zero-order valence-electron chi connectivity index (χ0n) is 6.88. The van der Waals surface area contributed by atoms with E-state index in [1.165, 1.54) is 12.8 Å². The van der Waals surface area contributed by atoms with E-state index >= 15 is 0 Å². The fourth-order valence-electron chi connectivity index (χ4n) is 1.13. The summed E-state index contributed by atoms with van der Waals surface area (Å²) < 4.78 is 3.13. The molecular weight excluding hydrogens is 422 g/mol. The predicted molar refractivity (Wildman–Crippen MR) is 72.3 cm³/mol. The van der Waals surface area contributed by atoms with E-state index in [4.69, 9.17) is 11.8 Å². The second-order valence-corrected chi connectivity index (χ2v) is 42.3. The predicted octanol–water partition coefficient (Wildman–Crippen LogP) is 4.04. The molecule has 0 amide bonds. The first-order valence-electron chi connectivity index (χ1n) is 3.66. The maximum absolute atomic E-state index is 5.51. The van der Waals surface area contributed by atoms with Crippen LogP contribution in [0.15, 0.2) is 0 Å². The monoisotopic (exact) mass is 438 g/mol. The molecule has 1 aliphatic heterocycles. The number of hydrogen-bond donors (Lipinski definition) is 0. The van der Waals surface area contributed by atoms with E-state index in [0.29, 0.717) is 0 Å². The van der Waals surface area contributed by atoms with E-state index in [9.17, 15) is 0 Å². The summed E-state index contributed by atoms with van der Waals surface area (Å²) in [5.41, 5.74) is 0. The molecule has 0 N–H and O–H groups in total. The van der Waals surface area contributed by atoms with Crippen molar-refractivity contribution in [3.8, 4) is 0 Å². The normalized spacial score (nSPS) is 26.8. The zero-order valence-corrected chi connectivity index (χ0v) is 13.9. The van der Waals surface area contributed by atoms with Crippen molar-refractivity contribution in [3.05, 3.63) is 0 Å². The molecule has 0 bridgehead atoms. The molecular formula is C6H14IPS2Te. The van der Waals surface area contributed by atoms with Crippen molar-refractivity contribution in [2.24, 2.45) is 0 Å². The average molecular weight is 436 g/mol. The van der Waals surface area contributed by atoms with Crippen LogP contribution < -0.4 is 0 Å². The Hall–Kier alpha value is 2.52. The molecule has 0 aromatic carbocycles. The second-order valence-electron chi connectivity index (χ2n) is 3.16. The van der Waals surface area contributed by atoms with Crippen molar-refractivity contribution in [1.82, 2.24) is 0 Å². The Morgan fingerprint density at radius 3 is 2.18 bits per heavy atom. The molecule has 1 aliphatic rings. The van der Waals surface area contributed by atoms with E-state index in [1.54, 1.807) is 8.94 Å². The van der Waals surface area contributed by atoms with Crippen LogP contribution in [-0.2, 0) is 11.8 Å². The number of halogens is 1. The first kappa shape index (κ1) is 11.6. The van der Waals surface area contributed by atoms with E-state index in [0.717, 1.165) is 0 Å². The molecule has 0 aromatic heterocycles. The van der Waals surface area contributed by atoms with Gasteiger partial charge in [-0.05, 0) is 0 Å². The molecule has 11 heavy (non-hydrogen) atoms. The third kappa shape index (κ3) is 4.51. The van der Waals surface area contributed by atoms with Crippen molar-refractivity contribution in [2.45, 2.75) is 21.8 Å². The SMILES string of the molecule is CP(C)(=S)S[Te]1(I)CCCC1. The Morgan fingerprint density at radius 2 is 1.82 bits per heavy atom. The molecule has 1 rings (SSSR count). The third-order valence-corrected chi connectivity index (χ3v) is 46.7. The second kappa shape index (κ2) is 4.36. The fraction of sp³-hybridized carbons (Fsp3) is 1.00. The summed E-state index contributed by atoms with van der Waals surface area (Å²) >= 11 is 6.91. The Balaban J connectivity index is 2.53. The van der Waals surface area contributed by atoms with Gasteiger partial charge in [-0.15, -0.1) is 0 Å². The minimum atomic E-state index is -1.41. The summed E-state index contributed by atoms with van der Waals surface area (Å²) in [6, 6.07) is 0. The summed E-state index contributed by atoms with van der Waals surface area (Å²) in [6.07, 6.45) is 2.98. The van der Waals surface area contributed by atoms with Crippen molar-refractivity contribution in [2.75, 3.05) is 13.3 Å². The quantitative estimate of drug-likeness (QED) is 0.365. The molecule has 0 aromatic rings. The standard InChI is InChI=1S/C6H14IPS2Te/c1-8(2,9)10-11(7)5-3-4-6-11/h3-6H2,1-2H3. The van der Waals surface area contributed by atoms with Gasteiger partial charge in [0.1, 0.15) is 0 Å². The third-order valence-electron chi connectivity index (χ3n) is 1.46. The van der Waals surface area contributed by atoms with Crippen LogP contribution in [0.2, 0.25) is 8.94 Å². The van der Waals surface area contributed by atoms with Gasteiger partial charge in [0, 0.05) is 0 Å². The van der Waals surface area contributed by atoms with Gasteiger partial charge in [0.2, 0.25) is 0 Å². The molecule has 68 valence electrons. The molecule has 0 radical (unpaired) electrons. The Bertz CT molecular complexity index is 185. The first-order valence-corrected chi connectivity index (χ1v) is 21.6. The molecule has 0 saturated carbocycles. The molecule has 0 unspecified atom stereocenters. The molecule has 0 atom stereocenters. The summed E-state index contributed by atoms with van der Waals surface area (Å²) in [5.74, 6) is 0. The van der Waals surface area contributed by atoms with Crippen molar-refractivity contribution >= 4 is 57.2 Å². The van der Waals surface area contributed by atoms with Gasteiger partial charge in [-0.2, -0.15) is 0 Å². The van der Waals surface area contributed by atoms with E-state index in [2.05, 4.69) is 40.6 Å². The van der Waals surface area contributed by atoms with Gasteiger partial charge in [0.15, 0.2) is 0 Å². The van der Waals surface area contributed by atoms with E-state index < -0.39 is 18.1 Å². The molecule has 1 fully saturated rings. The van der Waals surface area contributed by atoms with Crippen molar-refractivity contribution < 1.29 is 0 Å². The summed E-state index contributed by atoms with van der Waals surface area (Å²) in [7, 11) is 2.27. The minimum absolute atomic E-state index is 0.953. The van der Waals surface area contributed by atoms with Crippen LogP contribution in [0.4, 0.5) is 0 Å². The van der Waals surface area contributed by atoms with Gasteiger partial charge in [0.05, 0.1) is 0 Å². The summed E-state index contributed by atoms with van der Waals surface area (Å²) in [4.78, 5) is 0. The van der Waals surface area contributed by atoms with E-state index in [-0.39, 0.29) is 0 Å². The van der Waals surface area contributed by atoms with Crippen molar-refractivity contribution in [1.29, 1.82) is 0 Å². The fourth-order valence-corrected chi connectivity index (χ4v) is 72.5. The first-order chi connectivity index (χ1) is 4.91. The molecule has 0 nitrogen and oxygen atoms in total. The molecule has 0 aliphatic carbocycles. The van der Waals surface area contributed by atoms with Crippen LogP contribution in [0.5, 0.6) is 0 Å². The Labute approximate surface area is 91.0 Å². The summed E-state index contributed by atoms with van der Waals surface area (Å²) in [6.45, 7) is 4.58. The van der Waals surface area contributed by atoms with Crippen LogP contribution in [0.25, 0.3) is 0 Å². The Morgan fingerprint density at radius 1 is 1.36 bits per heavy atom. The summed E-state index contributed by atoms with van der Waals surface area (Å²) in [5, 5.41) is -0.953. The van der Waals surface area contributed by atoms with Crippen molar-refractivity contribution in [3.63, 3.8) is 0 Å². The van der Waals surface area contributed by atoms with Gasteiger partial charge in [-0.1, -0.05) is 0 Å². The van der Waals surface area contributed by atoms with E-state index in [1.807, 2.05) is 0 Å². The van der Waals surface area contributed by atoms with Crippen LogP contribution in [0.3, 0.4) is 0 Å². The number of rotatable bonds is 2. The molecule has 0 spiro atoms. The van der Waals surface area contributed by atoms with Crippen LogP contribution in [-0.4, -0.2) is 26.2 Å². The average Bonchev–Trinajstić information content (AvgIpc) is 2.09. The van der Waals surface area contributed by atoms with Crippen LogP contribution >= 0.6 is 32.5 Å².